The summed E-state index contributed by atoms with van der Waals surface area (Å²) in [5, 5.41) is 0. The van der Waals surface area contributed by atoms with Gasteiger partial charge in [0.15, 0.2) is 0 Å². The quantitative estimate of drug-likeness (QED) is 0.758. The molecule has 1 heterocycles. The zero-order chi connectivity index (χ0) is 11.8. The van der Waals surface area contributed by atoms with Crippen molar-refractivity contribution in [2.24, 2.45) is 11.7 Å². The fourth-order valence-electron chi connectivity index (χ4n) is 4.50. The summed E-state index contributed by atoms with van der Waals surface area (Å²) in [6.45, 7) is 0.962. The Morgan fingerprint density at radius 2 is 1.53 bits per heavy atom. The normalized spacial score (nSPS) is 36.2. The second-order valence-corrected chi connectivity index (χ2v) is 6.72. The zero-order valence-electron chi connectivity index (χ0n) is 11.0. The third-order valence-corrected chi connectivity index (χ3v) is 5.61. The highest BCUT2D eigenvalue weighted by Crippen LogP contribution is 2.46. The molecule has 2 N–H and O–H groups in total. The maximum absolute atomic E-state index is 6.67. The maximum Gasteiger partial charge on any atom is 0.0685 e. The van der Waals surface area contributed by atoms with Gasteiger partial charge in [0.1, 0.15) is 0 Å². The van der Waals surface area contributed by atoms with E-state index in [-0.39, 0.29) is 11.1 Å². The minimum absolute atomic E-state index is 0.161. The van der Waals surface area contributed by atoms with Gasteiger partial charge >= 0.3 is 0 Å². The van der Waals surface area contributed by atoms with E-state index in [0.29, 0.717) is 0 Å². The summed E-state index contributed by atoms with van der Waals surface area (Å²) >= 11 is 0. The molecule has 3 rings (SSSR count). The fourth-order valence-corrected chi connectivity index (χ4v) is 4.50. The van der Waals surface area contributed by atoms with Gasteiger partial charge in [0, 0.05) is 12.1 Å². The molecule has 98 valence electrons. The molecule has 1 aliphatic heterocycles. The monoisotopic (exact) mass is 237 g/mol. The van der Waals surface area contributed by atoms with Crippen LogP contribution in [0.2, 0.25) is 0 Å². The minimum atomic E-state index is 0.161. The van der Waals surface area contributed by atoms with E-state index in [1.54, 1.807) is 0 Å². The van der Waals surface area contributed by atoms with Crippen molar-refractivity contribution in [2.45, 2.75) is 81.8 Å². The fraction of sp³-hybridized carbons (Fsp3) is 1.00. The summed E-state index contributed by atoms with van der Waals surface area (Å²) in [5.41, 5.74) is 7.06. The number of hydrogen-bond acceptors (Lipinski definition) is 2. The highest BCUT2D eigenvalue weighted by molar-refractivity contribution is 5.01. The Labute approximate surface area is 105 Å². The van der Waals surface area contributed by atoms with Gasteiger partial charge in [-0.05, 0) is 44.4 Å². The van der Waals surface area contributed by atoms with Gasteiger partial charge in [-0.3, -0.25) is 0 Å². The Bertz CT molecular complexity index is 259. The SMILES string of the molecule is NC1(C2CCOC3(CCCCC3)C2)CCCC1. The van der Waals surface area contributed by atoms with Crippen LogP contribution in [-0.4, -0.2) is 17.7 Å². The molecule has 1 saturated heterocycles. The molecule has 1 unspecified atom stereocenters. The average Bonchev–Trinajstić information content (AvgIpc) is 2.79. The lowest BCUT2D eigenvalue weighted by atomic mass is 9.69. The van der Waals surface area contributed by atoms with E-state index in [0.717, 1.165) is 12.5 Å². The van der Waals surface area contributed by atoms with Gasteiger partial charge in [0.05, 0.1) is 5.60 Å². The van der Waals surface area contributed by atoms with Gasteiger partial charge in [0.25, 0.3) is 0 Å². The summed E-state index contributed by atoms with van der Waals surface area (Å²) in [4.78, 5) is 0. The highest BCUT2D eigenvalue weighted by atomic mass is 16.5. The predicted molar refractivity (Wildman–Crippen MR) is 69.9 cm³/mol. The van der Waals surface area contributed by atoms with Crippen molar-refractivity contribution in [1.29, 1.82) is 0 Å². The van der Waals surface area contributed by atoms with Crippen LogP contribution in [0.25, 0.3) is 0 Å². The standard InChI is InChI=1S/C15H27NO/c16-15(9-4-5-10-15)13-6-11-17-14(12-13)7-2-1-3-8-14/h13H,1-12,16H2. The van der Waals surface area contributed by atoms with Crippen molar-refractivity contribution in [3.8, 4) is 0 Å². The van der Waals surface area contributed by atoms with Crippen molar-refractivity contribution in [1.82, 2.24) is 0 Å². The lowest BCUT2D eigenvalue weighted by molar-refractivity contribution is -0.127. The molecular formula is C15H27NO. The number of hydrogen-bond donors (Lipinski definition) is 1. The van der Waals surface area contributed by atoms with Crippen LogP contribution in [0, 0.1) is 5.92 Å². The molecule has 0 aromatic carbocycles. The van der Waals surface area contributed by atoms with Crippen molar-refractivity contribution in [3.05, 3.63) is 0 Å². The van der Waals surface area contributed by atoms with Crippen LogP contribution in [0.15, 0.2) is 0 Å². The third kappa shape index (κ3) is 2.26. The second-order valence-electron chi connectivity index (χ2n) is 6.72. The zero-order valence-corrected chi connectivity index (χ0v) is 11.0. The topological polar surface area (TPSA) is 35.2 Å². The largest absolute Gasteiger partial charge is 0.375 e. The summed E-state index contributed by atoms with van der Waals surface area (Å²) in [5.74, 6) is 0.733. The first-order valence-corrected chi connectivity index (χ1v) is 7.65. The van der Waals surface area contributed by atoms with Gasteiger partial charge in [-0.25, -0.2) is 0 Å². The van der Waals surface area contributed by atoms with Crippen LogP contribution in [0.5, 0.6) is 0 Å². The van der Waals surface area contributed by atoms with Crippen molar-refractivity contribution in [3.63, 3.8) is 0 Å². The van der Waals surface area contributed by atoms with Crippen LogP contribution in [0.1, 0.15) is 70.6 Å². The Hall–Kier alpha value is -0.0800. The van der Waals surface area contributed by atoms with Gasteiger partial charge in [-0.2, -0.15) is 0 Å². The average molecular weight is 237 g/mol. The van der Waals surface area contributed by atoms with Gasteiger partial charge in [0.2, 0.25) is 0 Å². The molecule has 2 aliphatic carbocycles. The van der Waals surface area contributed by atoms with E-state index in [1.165, 1.54) is 70.6 Å². The predicted octanol–water partition coefficient (Wildman–Crippen LogP) is 3.39. The minimum Gasteiger partial charge on any atom is -0.375 e. The number of rotatable bonds is 1. The molecular weight excluding hydrogens is 210 g/mol. The van der Waals surface area contributed by atoms with E-state index in [1.807, 2.05) is 0 Å². The molecule has 2 saturated carbocycles. The van der Waals surface area contributed by atoms with Gasteiger partial charge in [-0.1, -0.05) is 32.1 Å². The first kappa shape index (κ1) is 12.0. The Morgan fingerprint density at radius 1 is 0.882 bits per heavy atom. The number of ether oxygens (including phenoxy) is 1. The van der Waals surface area contributed by atoms with Crippen molar-refractivity contribution in [2.75, 3.05) is 6.61 Å². The van der Waals surface area contributed by atoms with Crippen LogP contribution >= 0.6 is 0 Å². The molecule has 0 radical (unpaired) electrons. The smallest absolute Gasteiger partial charge is 0.0685 e. The molecule has 0 amide bonds. The summed E-state index contributed by atoms with van der Waals surface area (Å²) < 4.78 is 6.19. The molecule has 3 aliphatic rings. The van der Waals surface area contributed by atoms with E-state index >= 15 is 0 Å². The first-order valence-electron chi connectivity index (χ1n) is 7.65. The molecule has 2 nitrogen and oxygen atoms in total. The number of nitrogens with two attached hydrogens (primary N) is 1. The summed E-state index contributed by atoms with van der Waals surface area (Å²) in [6, 6.07) is 0. The van der Waals surface area contributed by atoms with Crippen LogP contribution in [0.3, 0.4) is 0 Å². The van der Waals surface area contributed by atoms with E-state index in [9.17, 15) is 0 Å². The van der Waals surface area contributed by atoms with Crippen molar-refractivity contribution < 1.29 is 4.74 Å². The Balaban J connectivity index is 1.70. The first-order chi connectivity index (χ1) is 8.23. The van der Waals surface area contributed by atoms with Crippen LogP contribution < -0.4 is 5.73 Å². The molecule has 1 atom stereocenters. The highest BCUT2D eigenvalue weighted by Gasteiger charge is 2.46. The Morgan fingerprint density at radius 3 is 2.24 bits per heavy atom. The van der Waals surface area contributed by atoms with Crippen LogP contribution in [0.4, 0.5) is 0 Å². The molecule has 3 fully saturated rings. The van der Waals surface area contributed by atoms with Crippen LogP contribution in [-0.2, 0) is 4.74 Å². The molecule has 17 heavy (non-hydrogen) atoms. The second kappa shape index (κ2) is 4.55. The maximum atomic E-state index is 6.67. The molecule has 2 heteroatoms. The van der Waals surface area contributed by atoms with E-state index in [4.69, 9.17) is 10.5 Å². The van der Waals surface area contributed by atoms with E-state index in [2.05, 4.69) is 0 Å². The van der Waals surface area contributed by atoms with Gasteiger partial charge in [-0.15, -0.1) is 0 Å². The van der Waals surface area contributed by atoms with Gasteiger partial charge < -0.3 is 10.5 Å². The third-order valence-electron chi connectivity index (χ3n) is 5.61. The molecule has 1 spiro atoms. The summed E-state index contributed by atoms with van der Waals surface area (Å²) in [7, 11) is 0. The lowest BCUT2D eigenvalue weighted by Crippen LogP contribution is -2.52. The van der Waals surface area contributed by atoms with Crippen molar-refractivity contribution >= 4 is 0 Å². The lowest BCUT2D eigenvalue weighted by Gasteiger charge is -2.48. The summed E-state index contributed by atoms with van der Waals surface area (Å²) in [6.07, 6.45) is 14.4. The Kier molecular flexibility index (Phi) is 3.20. The molecule has 0 bridgehead atoms. The molecule has 0 aromatic heterocycles. The van der Waals surface area contributed by atoms with E-state index < -0.39 is 0 Å². The molecule has 0 aromatic rings.